The van der Waals surface area contributed by atoms with Gasteiger partial charge in [0.05, 0.1) is 11.0 Å². The van der Waals surface area contributed by atoms with Gasteiger partial charge in [-0.15, -0.1) is 0 Å². The molecule has 42 heavy (non-hydrogen) atoms. The molecule has 0 heterocycles. The van der Waals surface area contributed by atoms with Crippen LogP contribution in [0.4, 0.5) is 0 Å². The third kappa shape index (κ3) is 3.36. The summed E-state index contributed by atoms with van der Waals surface area (Å²) in [6, 6.07) is 32.8. The molecule has 9 rings (SSSR count). The van der Waals surface area contributed by atoms with Crippen molar-refractivity contribution in [2.24, 2.45) is 0 Å². The molecule has 0 amide bonds. The van der Waals surface area contributed by atoms with E-state index in [0.29, 0.717) is 22.3 Å². The van der Waals surface area contributed by atoms with Crippen LogP contribution in [0.25, 0.3) is 86.9 Å². The van der Waals surface area contributed by atoms with E-state index >= 15 is 0 Å². The van der Waals surface area contributed by atoms with E-state index < -0.39 is 24.2 Å². The molecule has 0 radical (unpaired) electrons. The Hall–Kier alpha value is -5.46. The molecule has 9 aromatic rings. The van der Waals surface area contributed by atoms with Crippen molar-refractivity contribution in [1.29, 1.82) is 0 Å². The van der Waals surface area contributed by atoms with Gasteiger partial charge in [0, 0.05) is 0 Å². The molecule has 0 heteroatoms. The number of hydrogen-bond acceptors (Lipinski definition) is 0. The molecule has 0 aliphatic heterocycles. The van der Waals surface area contributed by atoms with E-state index in [4.69, 9.17) is 5.48 Å². The summed E-state index contributed by atoms with van der Waals surface area (Å²) in [6.07, 6.45) is 0. The zero-order chi connectivity index (χ0) is 34.6. The highest BCUT2D eigenvalue weighted by Gasteiger charge is 2.20. The minimum Gasteiger partial charge on any atom is -0.0616 e. The molecule has 0 nitrogen and oxygen atoms in total. The summed E-state index contributed by atoms with van der Waals surface area (Å²) in [6.45, 7) is 0. The first-order chi connectivity index (χ1) is 24.2. The summed E-state index contributed by atoms with van der Waals surface area (Å²) >= 11 is 0. The van der Waals surface area contributed by atoms with E-state index in [0.717, 1.165) is 43.1 Å². The van der Waals surface area contributed by atoms with Crippen molar-refractivity contribution in [2.45, 2.75) is 0 Å². The van der Waals surface area contributed by atoms with Crippen LogP contribution in [0.2, 0.25) is 0 Å². The van der Waals surface area contributed by atoms with Gasteiger partial charge in [-0.3, -0.25) is 0 Å². The standard InChI is InChI=1S/C42H26/c1-2-13-29-25-31(22-21-27(29)11-1)40-34-17-7-9-19-36(34)42(37-20-10-8-18-35(37)40)41-33-16-6-4-14-30(33)26-39-32-15-5-3-12-28(32)23-24-38(39)41/h1-26H/i7D,8D,9D,10D,17D,18D,19D,20D. The number of rotatable bonds is 2. The van der Waals surface area contributed by atoms with E-state index in [9.17, 15) is 5.48 Å². The Labute approximate surface area is 255 Å². The minimum atomic E-state index is -0.414. The van der Waals surface area contributed by atoms with Crippen LogP contribution in [0, 0.1) is 0 Å². The monoisotopic (exact) mass is 538 g/mol. The maximum Gasteiger partial charge on any atom is 0.0629 e. The fourth-order valence-corrected chi connectivity index (χ4v) is 6.60. The zero-order valence-electron chi connectivity index (χ0n) is 30.4. The van der Waals surface area contributed by atoms with Crippen LogP contribution in [-0.4, -0.2) is 0 Å². The Bertz CT molecular complexity index is 2880. The van der Waals surface area contributed by atoms with Crippen LogP contribution in [0.1, 0.15) is 11.0 Å². The van der Waals surface area contributed by atoms with E-state index in [-0.39, 0.29) is 45.7 Å². The molecular weight excluding hydrogens is 504 g/mol. The summed E-state index contributed by atoms with van der Waals surface area (Å²) in [5, 5.41) is 8.18. The zero-order valence-corrected chi connectivity index (χ0v) is 22.4. The summed E-state index contributed by atoms with van der Waals surface area (Å²) < 4.78 is 73.1. The van der Waals surface area contributed by atoms with Crippen LogP contribution in [0.5, 0.6) is 0 Å². The van der Waals surface area contributed by atoms with Crippen LogP contribution in [0.15, 0.2) is 158 Å². The van der Waals surface area contributed by atoms with Gasteiger partial charge in [0.2, 0.25) is 0 Å². The van der Waals surface area contributed by atoms with Gasteiger partial charge < -0.3 is 0 Å². The lowest BCUT2D eigenvalue weighted by molar-refractivity contribution is 1.69. The first-order valence-corrected chi connectivity index (χ1v) is 14.0. The summed E-state index contributed by atoms with van der Waals surface area (Å²) in [5.41, 5.74) is 1.95. The first kappa shape index (κ1) is 16.7. The molecular formula is C42H26. The molecule has 0 aliphatic rings. The van der Waals surface area contributed by atoms with Crippen LogP contribution >= 0.6 is 0 Å². The fraction of sp³-hybridized carbons (Fsp3) is 0. The third-order valence-corrected chi connectivity index (χ3v) is 8.43. The molecule has 0 fully saturated rings. The highest BCUT2D eigenvalue weighted by molar-refractivity contribution is 6.29. The highest BCUT2D eigenvalue weighted by Crippen LogP contribution is 2.48. The van der Waals surface area contributed by atoms with E-state index in [1.54, 1.807) is 0 Å². The Morgan fingerprint density at radius 1 is 0.310 bits per heavy atom. The predicted molar refractivity (Wildman–Crippen MR) is 182 cm³/mol. The van der Waals surface area contributed by atoms with Gasteiger partial charge in [-0.05, 0) is 99.0 Å². The molecule has 0 spiro atoms. The minimum absolute atomic E-state index is 0.209. The summed E-state index contributed by atoms with van der Waals surface area (Å²) in [4.78, 5) is 0. The maximum atomic E-state index is 9.47. The topological polar surface area (TPSA) is 0 Å². The van der Waals surface area contributed by atoms with Crippen LogP contribution in [0.3, 0.4) is 0 Å². The molecule has 0 aliphatic carbocycles. The van der Waals surface area contributed by atoms with Gasteiger partial charge in [-0.25, -0.2) is 0 Å². The normalized spacial score (nSPS) is 14.5. The van der Waals surface area contributed by atoms with Crippen molar-refractivity contribution in [3.8, 4) is 22.3 Å². The second-order valence-corrected chi connectivity index (χ2v) is 10.7. The Kier molecular flexibility index (Phi) is 3.59. The molecule has 0 aromatic heterocycles. The lowest BCUT2D eigenvalue weighted by Crippen LogP contribution is -1.93. The van der Waals surface area contributed by atoms with Crippen molar-refractivity contribution in [1.82, 2.24) is 0 Å². The van der Waals surface area contributed by atoms with E-state index in [1.807, 2.05) is 103 Å². The molecule has 0 N–H and O–H groups in total. The second kappa shape index (κ2) is 9.03. The smallest absolute Gasteiger partial charge is 0.0616 e. The van der Waals surface area contributed by atoms with Crippen molar-refractivity contribution in [2.75, 3.05) is 0 Å². The van der Waals surface area contributed by atoms with Crippen LogP contribution < -0.4 is 0 Å². The number of fused-ring (bicyclic) bond motifs is 7. The van der Waals surface area contributed by atoms with Gasteiger partial charge in [0.25, 0.3) is 0 Å². The number of hydrogen-bond donors (Lipinski definition) is 0. The largest absolute Gasteiger partial charge is 0.0629 e. The molecule has 0 bridgehead atoms. The van der Waals surface area contributed by atoms with Gasteiger partial charge in [0.15, 0.2) is 0 Å². The Morgan fingerprint density at radius 2 is 0.833 bits per heavy atom. The molecule has 0 unspecified atom stereocenters. The van der Waals surface area contributed by atoms with Gasteiger partial charge in [-0.1, -0.05) is 145 Å². The van der Waals surface area contributed by atoms with Crippen molar-refractivity contribution in [3.63, 3.8) is 0 Å². The average molecular weight is 539 g/mol. The van der Waals surface area contributed by atoms with Crippen molar-refractivity contribution >= 4 is 64.6 Å². The van der Waals surface area contributed by atoms with E-state index in [1.165, 1.54) is 0 Å². The van der Waals surface area contributed by atoms with E-state index in [2.05, 4.69) is 6.07 Å². The maximum absolute atomic E-state index is 9.47. The first-order valence-electron chi connectivity index (χ1n) is 18.0. The molecule has 0 saturated carbocycles. The summed E-state index contributed by atoms with van der Waals surface area (Å²) in [7, 11) is 0. The number of benzene rings is 9. The fourth-order valence-electron chi connectivity index (χ4n) is 6.60. The summed E-state index contributed by atoms with van der Waals surface area (Å²) in [5.74, 6) is 0. The molecule has 0 atom stereocenters. The highest BCUT2D eigenvalue weighted by atomic mass is 14.2. The van der Waals surface area contributed by atoms with Crippen molar-refractivity contribution in [3.05, 3.63) is 158 Å². The third-order valence-electron chi connectivity index (χ3n) is 8.43. The van der Waals surface area contributed by atoms with Gasteiger partial charge in [-0.2, -0.15) is 0 Å². The van der Waals surface area contributed by atoms with Crippen LogP contribution in [-0.2, 0) is 0 Å². The SMILES string of the molecule is [2H]c1c([2H])c([2H])c2c(-c3c4ccccc4cc4c3ccc3ccccc34)c3c([2H])c([2H])c([2H])c([2H])c3c(-c3ccc4ccccc4c3)c2c1[2H]. The Morgan fingerprint density at radius 3 is 1.55 bits per heavy atom. The molecule has 0 saturated heterocycles. The quantitative estimate of drug-likeness (QED) is 0.152. The molecule has 9 aromatic carbocycles. The van der Waals surface area contributed by atoms with Gasteiger partial charge in [0.1, 0.15) is 0 Å². The predicted octanol–water partition coefficient (Wildman–Crippen LogP) is 11.9. The van der Waals surface area contributed by atoms with Crippen molar-refractivity contribution < 1.29 is 11.0 Å². The second-order valence-electron chi connectivity index (χ2n) is 10.7. The lowest BCUT2D eigenvalue weighted by Gasteiger charge is -2.21. The van der Waals surface area contributed by atoms with Gasteiger partial charge >= 0.3 is 0 Å². The molecule has 194 valence electrons. The average Bonchev–Trinajstić information content (AvgIpc) is 3.15. The Balaban J connectivity index is 1.64. The lowest BCUT2D eigenvalue weighted by atomic mass is 9.82.